The summed E-state index contributed by atoms with van der Waals surface area (Å²) in [6.07, 6.45) is 4.46. The van der Waals surface area contributed by atoms with Gasteiger partial charge in [0, 0.05) is 12.5 Å². The van der Waals surface area contributed by atoms with Gasteiger partial charge in [-0.1, -0.05) is 17.3 Å². The molecule has 27 heavy (non-hydrogen) atoms. The number of benzene rings is 1. The van der Waals surface area contributed by atoms with Gasteiger partial charge >= 0.3 is 0 Å². The van der Waals surface area contributed by atoms with Crippen molar-refractivity contribution in [3.8, 4) is 5.95 Å². The molecule has 0 amide bonds. The Kier molecular flexibility index (Phi) is 2.65. The van der Waals surface area contributed by atoms with Crippen molar-refractivity contribution in [1.29, 1.82) is 0 Å². The number of nitrogens with zero attached hydrogens (tertiary/aromatic N) is 8. The van der Waals surface area contributed by atoms with Crippen LogP contribution >= 0.6 is 0 Å². The number of ether oxygens (including phenoxy) is 1. The van der Waals surface area contributed by atoms with E-state index in [4.69, 9.17) is 4.74 Å². The highest BCUT2D eigenvalue weighted by atomic mass is 19.1. The van der Waals surface area contributed by atoms with Crippen molar-refractivity contribution < 1.29 is 9.13 Å². The minimum atomic E-state index is -0.599. The summed E-state index contributed by atoms with van der Waals surface area (Å²) in [5.74, 6) is 0.409. The van der Waals surface area contributed by atoms with Gasteiger partial charge in [0.2, 0.25) is 0 Å². The SMILES string of the molecule is COC1(c2cn(-c3nnc4c5ccccc5n5c(F)ncc5n34)nn2)CC1. The van der Waals surface area contributed by atoms with E-state index >= 15 is 0 Å². The van der Waals surface area contributed by atoms with E-state index in [1.807, 2.05) is 24.3 Å². The first-order chi connectivity index (χ1) is 13.2. The van der Waals surface area contributed by atoms with Gasteiger partial charge in [-0.05, 0) is 25.0 Å². The maximum absolute atomic E-state index is 14.4. The number of para-hydroxylation sites is 1. The monoisotopic (exact) mass is 364 g/mol. The fourth-order valence-electron chi connectivity index (χ4n) is 3.62. The molecular weight excluding hydrogens is 351 g/mol. The van der Waals surface area contributed by atoms with Crippen LogP contribution in [0.2, 0.25) is 0 Å². The van der Waals surface area contributed by atoms with E-state index in [0.29, 0.717) is 22.8 Å². The third-order valence-electron chi connectivity index (χ3n) is 5.22. The Labute approximate surface area is 151 Å². The van der Waals surface area contributed by atoms with E-state index in [0.717, 1.165) is 23.9 Å². The van der Waals surface area contributed by atoms with Crippen LogP contribution in [0.1, 0.15) is 18.5 Å². The summed E-state index contributed by atoms with van der Waals surface area (Å²) >= 11 is 0. The Morgan fingerprint density at radius 1 is 1.11 bits per heavy atom. The molecule has 134 valence electrons. The van der Waals surface area contributed by atoms with Crippen LogP contribution < -0.4 is 0 Å². The standard InChI is InChI=1S/C17H13FN8O/c1-27-17(6-7-17)12-9-24(23-20-12)16-22-21-14-10-4-2-3-5-11(10)25-13(26(14)16)8-19-15(25)18/h2-5,8-9H,6-7H2,1H3. The van der Waals surface area contributed by atoms with Gasteiger partial charge in [-0.15, -0.1) is 15.3 Å². The molecule has 0 radical (unpaired) electrons. The third kappa shape index (κ3) is 1.82. The Balaban J connectivity index is 1.68. The number of hydrogen-bond acceptors (Lipinski definition) is 6. The van der Waals surface area contributed by atoms with Gasteiger partial charge in [0.25, 0.3) is 12.0 Å². The second-order valence-electron chi connectivity index (χ2n) is 6.64. The first-order valence-corrected chi connectivity index (χ1v) is 8.49. The number of hydrogen-bond donors (Lipinski definition) is 0. The van der Waals surface area contributed by atoms with Gasteiger partial charge in [-0.25, -0.2) is 9.38 Å². The first kappa shape index (κ1) is 14.7. The highest BCUT2D eigenvalue weighted by Gasteiger charge is 2.47. The Bertz CT molecular complexity index is 1350. The molecule has 1 aromatic carbocycles. The van der Waals surface area contributed by atoms with E-state index < -0.39 is 6.08 Å². The molecule has 9 nitrogen and oxygen atoms in total. The van der Waals surface area contributed by atoms with Crippen molar-refractivity contribution in [2.75, 3.05) is 7.11 Å². The second kappa shape index (κ2) is 4.86. The minimum absolute atomic E-state index is 0.358. The molecule has 0 unspecified atom stereocenters. The molecule has 1 aliphatic carbocycles. The van der Waals surface area contributed by atoms with E-state index in [-0.39, 0.29) is 5.60 Å². The van der Waals surface area contributed by atoms with Crippen LogP contribution in [0.3, 0.4) is 0 Å². The van der Waals surface area contributed by atoms with Crippen LogP contribution in [0.4, 0.5) is 4.39 Å². The number of fused-ring (bicyclic) bond motifs is 6. The van der Waals surface area contributed by atoms with Crippen LogP contribution in [-0.4, -0.2) is 46.1 Å². The van der Waals surface area contributed by atoms with Crippen molar-refractivity contribution >= 4 is 22.2 Å². The molecule has 4 heterocycles. The van der Waals surface area contributed by atoms with E-state index in [2.05, 4.69) is 25.5 Å². The normalized spacial score (nSPS) is 15.9. The molecule has 1 fully saturated rings. The predicted molar refractivity (Wildman–Crippen MR) is 92.0 cm³/mol. The summed E-state index contributed by atoms with van der Waals surface area (Å²) in [7, 11) is 1.67. The molecule has 6 rings (SSSR count). The van der Waals surface area contributed by atoms with Crippen molar-refractivity contribution in [3.63, 3.8) is 0 Å². The first-order valence-electron chi connectivity index (χ1n) is 8.49. The van der Waals surface area contributed by atoms with Gasteiger partial charge in [-0.2, -0.15) is 9.07 Å². The molecule has 5 aromatic rings. The number of methoxy groups -OCH3 is 1. The van der Waals surface area contributed by atoms with E-state index in [1.165, 1.54) is 15.3 Å². The quantitative estimate of drug-likeness (QED) is 0.486. The van der Waals surface area contributed by atoms with Crippen molar-refractivity contribution in [3.05, 3.63) is 48.4 Å². The van der Waals surface area contributed by atoms with Gasteiger partial charge in [0.15, 0.2) is 5.65 Å². The lowest BCUT2D eigenvalue weighted by Crippen LogP contribution is -2.09. The highest BCUT2D eigenvalue weighted by molar-refractivity contribution is 5.94. The molecule has 0 aliphatic heterocycles. The Morgan fingerprint density at radius 2 is 1.96 bits per heavy atom. The summed E-state index contributed by atoms with van der Waals surface area (Å²) in [5.41, 5.74) is 2.16. The summed E-state index contributed by atoms with van der Waals surface area (Å²) in [4.78, 5) is 3.83. The maximum Gasteiger partial charge on any atom is 0.295 e. The van der Waals surface area contributed by atoms with E-state index in [1.54, 1.807) is 17.7 Å². The molecule has 0 saturated heterocycles. The summed E-state index contributed by atoms with van der Waals surface area (Å²) < 4.78 is 24.7. The van der Waals surface area contributed by atoms with Crippen molar-refractivity contribution in [1.82, 2.24) is 39.0 Å². The highest BCUT2D eigenvalue weighted by Crippen LogP contribution is 2.47. The molecule has 4 aromatic heterocycles. The largest absolute Gasteiger partial charge is 0.372 e. The lowest BCUT2D eigenvalue weighted by atomic mass is 10.2. The lowest BCUT2D eigenvalue weighted by molar-refractivity contribution is 0.0751. The summed E-state index contributed by atoms with van der Waals surface area (Å²) in [6.45, 7) is 0. The average molecular weight is 364 g/mol. The molecule has 10 heteroatoms. The van der Waals surface area contributed by atoms with Gasteiger partial charge in [0.1, 0.15) is 16.9 Å². The van der Waals surface area contributed by atoms with Gasteiger partial charge in [0.05, 0.1) is 17.9 Å². The topological polar surface area (TPSA) is 87.4 Å². The molecular formula is C17H13FN8O. The average Bonchev–Trinajstić information content (AvgIpc) is 3.03. The van der Waals surface area contributed by atoms with Crippen LogP contribution in [0.15, 0.2) is 36.7 Å². The summed E-state index contributed by atoms with van der Waals surface area (Å²) in [5, 5.41) is 17.8. The zero-order valence-electron chi connectivity index (χ0n) is 14.2. The maximum atomic E-state index is 14.4. The lowest BCUT2D eigenvalue weighted by Gasteiger charge is -2.08. The molecule has 1 aliphatic rings. The van der Waals surface area contributed by atoms with Crippen LogP contribution in [0, 0.1) is 6.08 Å². The van der Waals surface area contributed by atoms with Crippen molar-refractivity contribution in [2.24, 2.45) is 0 Å². The number of rotatable bonds is 3. The van der Waals surface area contributed by atoms with E-state index in [9.17, 15) is 4.39 Å². The van der Waals surface area contributed by atoms with Gasteiger partial charge in [-0.3, -0.25) is 4.40 Å². The van der Waals surface area contributed by atoms with Crippen LogP contribution in [-0.2, 0) is 10.3 Å². The fraction of sp³-hybridized carbons (Fsp3) is 0.235. The molecule has 0 spiro atoms. The summed E-state index contributed by atoms with van der Waals surface area (Å²) in [6, 6.07) is 7.42. The minimum Gasteiger partial charge on any atom is -0.372 e. The molecule has 1 saturated carbocycles. The Morgan fingerprint density at radius 3 is 2.78 bits per heavy atom. The number of aromatic nitrogens is 8. The van der Waals surface area contributed by atoms with Gasteiger partial charge < -0.3 is 4.74 Å². The fourth-order valence-corrected chi connectivity index (χ4v) is 3.62. The predicted octanol–water partition coefficient (Wildman–Crippen LogP) is 1.89. The van der Waals surface area contributed by atoms with Crippen molar-refractivity contribution in [2.45, 2.75) is 18.4 Å². The Hall–Kier alpha value is -3.40. The third-order valence-corrected chi connectivity index (χ3v) is 5.22. The number of imidazole rings is 1. The zero-order valence-corrected chi connectivity index (χ0v) is 14.2. The smallest absolute Gasteiger partial charge is 0.295 e. The van der Waals surface area contributed by atoms with Crippen LogP contribution in [0.25, 0.3) is 28.1 Å². The number of halogens is 1. The second-order valence-corrected chi connectivity index (χ2v) is 6.64. The molecule has 0 bridgehead atoms. The zero-order chi connectivity index (χ0) is 18.2. The van der Waals surface area contributed by atoms with Crippen LogP contribution in [0.5, 0.6) is 0 Å². The molecule has 0 atom stereocenters. The molecule has 0 N–H and O–H groups in total.